The fraction of sp³-hybridized carbons (Fsp3) is 0.188. The van der Waals surface area contributed by atoms with Crippen LogP contribution in [0.1, 0.15) is 22.8 Å². The van der Waals surface area contributed by atoms with Gasteiger partial charge in [0, 0.05) is 21.2 Å². The van der Waals surface area contributed by atoms with Gasteiger partial charge in [-0.3, -0.25) is 4.79 Å². The van der Waals surface area contributed by atoms with Gasteiger partial charge in [0.15, 0.2) is 5.78 Å². The van der Waals surface area contributed by atoms with E-state index in [0.717, 1.165) is 5.56 Å². The van der Waals surface area contributed by atoms with Gasteiger partial charge in [-0.2, -0.15) is 0 Å². The van der Waals surface area contributed by atoms with E-state index in [1.54, 1.807) is 43.5 Å². The maximum Gasteiger partial charge on any atom is 0.159 e. The Morgan fingerprint density at radius 3 is 2.33 bits per heavy atom. The number of carbonyl (C=O) groups is 1. The van der Waals surface area contributed by atoms with E-state index in [2.05, 4.69) is 0 Å². The average molecular weight is 325 g/mol. The molecule has 0 heterocycles. The third-order valence-corrected chi connectivity index (χ3v) is 3.35. The fourth-order valence-corrected chi connectivity index (χ4v) is 2.39. The van der Waals surface area contributed by atoms with Gasteiger partial charge in [0.25, 0.3) is 0 Å². The van der Waals surface area contributed by atoms with Crippen molar-refractivity contribution in [1.29, 1.82) is 0 Å². The first-order valence-electron chi connectivity index (χ1n) is 6.26. The molecule has 5 heteroatoms. The first-order chi connectivity index (χ1) is 9.99. The van der Waals surface area contributed by atoms with Gasteiger partial charge >= 0.3 is 0 Å². The molecule has 0 bridgehead atoms. The van der Waals surface area contributed by atoms with E-state index in [4.69, 9.17) is 32.7 Å². The molecule has 0 N–H and O–H groups in total. The monoisotopic (exact) mass is 324 g/mol. The Bertz CT molecular complexity index is 648. The lowest BCUT2D eigenvalue weighted by Gasteiger charge is -2.12. The van der Waals surface area contributed by atoms with Crippen LogP contribution in [0.5, 0.6) is 11.5 Å². The molecule has 2 rings (SSSR count). The maximum absolute atomic E-state index is 11.4. The number of benzene rings is 2. The lowest BCUT2D eigenvalue weighted by molar-refractivity contribution is 0.101. The van der Waals surface area contributed by atoms with Crippen LogP contribution in [-0.4, -0.2) is 12.9 Å². The summed E-state index contributed by atoms with van der Waals surface area (Å²) in [5.41, 5.74) is 1.39. The van der Waals surface area contributed by atoms with Crippen LogP contribution in [0.4, 0.5) is 0 Å². The van der Waals surface area contributed by atoms with Gasteiger partial charge in [-0.1, -0.05) is 23.2 Å². The number of hydrogen-bond acceptors (Lipinski definition) is 3. The number of carbonyl (C=O) groups excluding carboxylic acids is 1. The highest BCUT2D eigenvalue weighted by molar-refractivity contribution is 6.34. The number of Topliss-reactive ketones (excluding diaryl/α,β-unsaturated/α-hetero) is 1. The molecule has 0 atom stereocenters. The second-order valence-corrected chi connectivity index (χ2v) is 5.35. The minimum Gasteiger partial charge on any atom is -0.496 e. The highest BCUT2D eigenvalue weighted by Gasteiger charge is 2.08. The summed E-state index contributed by atoms with van der Waals surface area (Å²) in [7, 11) is 1.57. The Balaban J connectivity index is 2.21. The van der Waals surface area contributed by atoms with Crippen LogP contribution in [0, 0.1) is 0 Å². The number of ketones is 1. The maximum atomic E-state index is 11.4. The first kappa shape index (κ1) is 15.7. The van der Waals surface area contributed by atoms with Gasteiger partial charge in [-0.25, -0.2) is 0 Å². The van der Waals surface area contributed by atoms with Gasteiger partial charge in [0.2, 0.25) is 0 Å². The summed E-state index contributed by atoms with van der Waals surface area (Å²) in [6.45, 7) is 1.77. The lowest BCUT2D eigenvalue weighted by Crippen LogP contribution is -2.02. The average Bonchev–Trinajstić information content (AvgIpc) is 2.43. The van der Waals surface area contributed by atoms with E-state index in [9.17, 15) is 4.79 Å². The number of ether oxygens (including phenoxy) is 2. The smallest absolute Gasteiger partial charge is 0.159 e. The third-order valence-electron chi connectivity index (χ3n) is 2.92. The van der Waals surface area contributed by atoms with Crippen molar-refractivity contribution in [3.05, 3.63) is 57.6 Å². The van der Waals surface area contributed by atoms with Crippen LogP contribution in [0.25, 0.3) is 0 Å². The highest BCUT2D eigenvalue weighted by atomic mass is 35.5. The van der Waals surface area contributed by atoms with Crippen molar-refractivity contribution >= 4 is 29.0 Å². The van der Waals surface area contributed by atoms with E-state index in [1.165, 1.54) is 6.92 Å². The molecule has 2 aromatic carbocycles. The molecule has 0 aliphatic rings. The molecule has 21 heavy (non-hydrogen) atoms. The molecule has 0 aromatic heterocycles. The van der Waals surface area contributed by atoms with Crippen molar-refractivity contribution in [2.75, 3.05) is 7.11 Å². The molecule has 0 aliphatic heterocycles. The first-order valence-corrected chi connectivity index (χ1v) is 7.02. The molecule has 0 unspecified atom stereocenters. The number of rotatable bonds is 5. The van der Waals surface area contributed by atoms with Crippen molar-refractivity contribution in [2.24, 2.45) is 0 Å². The Morgan fingerprint density at radius 1 is 1.10 bits per heavy atom. The van der Waals surface area contributed by atoms with Gasteiger partial charge in [0.05, 0.1) is 7.11 Å². The zero-order valence-corrected chi connectivity index (χ0v) is 13.2. The topological polar surface area (TPSA) is 35.5 Å². The van der Waals surface area contributed by atoms with E-state index >= 15 is 0 Å². The summed E-state index contributed by atoms with van der Waals surface area (Å²) < 4.78 is 10.9. The molecule has 0 saturated heterocycles. The van der Waals surface area contributed by atoms with Crippen molar-refractivity contribution in [1.82, 2.24) is 0 Å². The molecule has 0 aliphatic carbocycles. The predicted molar refractivity (Wildman–Crippen MR) is 83.8 cm³/mol. The van der Waals surface area contributed by atoms with Crippen molar-refractivity contribution in [2.45, 2.75) is 13.5 Å². The van der Waals surface area contributed by atoms with Crippen LogP contribution in [0.2, 0.25) is 10.0 Å². The summed E-state index contributed by atoms with van der Waals surface area (Å²) >= 11 is 11.8. The number of methoxy groups -OCH3 is 1. The summed E-state index contributed by atoms with van der Waals surface area (Å²) in [5.74, 6) is 1.21. The van der Waals surface area contributed by atoms with E-state index < -0.39 is 0 Å². The Hall–Kier alpha value is -1.71. The molecular formula is C16H14Cl2O3. The van der Waals surface area contributed by atoms with Gasteiger partial charge < -0.3 is 9.47 Å². The second-order valence-electron chi connectivity index (χ2n) is 4.48. The summed E-state index contributed by atoms with van der Waals surface area (Å²) in [5, 5.41) is 1.00. The second kappa shape index (κ2) is 6.83. The predicted octanol–water partition coefficient (Wildman–Crippen LogP) is 4.78. The third kappa shape index (κ3) is 4.13. The Labute approximate surface area is 133 Å². The summed E-state index contributed by atoms with van der Waals surface area (Å²) in [6, 6.07) is 10.2. The summed E-state index contributed by atoms with van der Waals surface area (Å²) in [4.78, 5) is 11.4. The fourth-order valence-electron chi connectivity index (χ4n) is 1.88. The lowest BCUT2D eigenvalue weighted by atomic mass is 10.1. The molecular weight excluding hydrogens is 311 g/mol. The molecule has 0 saturated carbocycles. The van der Waals surface area contributed by atoms with Crippen LogP contribution >= 0.6 is 23.2 Å². The molecule has 0 radical (unpaired) electrons. The van der Waals surface area contributed by atoms with Gasteiger partial charge in [-0.05, 0) is 43.3 Å². The van der Waals surface area contributed by atoms with Crippen molar-refractivity contribution in [3.8, 4) is 11.5 Å². The quantitative estimate of drug-likeness (QED) is 0.742. The minimum absolute atomic E-state index is 0.00953. The van der Waals surface area contributed by atoms with E-state index in [1.807, 2.05) is 0 Å². The zero-order chi connectivity index (χ0) is 15.4. The molecule has 0 spiro atoms. The molecule has 0 fully saturated rings. The van der Waals surface area contributed by atoms with Crippen LogP contribution in [0.15, 0.2) is 36.4 Å². The molecule has 110 valence electrons. The molecule has 3 nitrogen and oxygen atoms in total. The normalized spacial score (nSPS) is 10.3. The molecule has 0 amide bonds. The van der Waals surface area contributed by atoms with E-state index in [-0.39, 0.29) is 12.4 Å². The standard InChI is InChI=1S/C16H14Cl2O3/c1-10(19)11-3-4-16(20-2)12(5-11)9-21-15-7-13(17)6-14(18)8-15/h3-8H,9H2,1-2H3. The van der Waals surface area contributed by atoms with Gasteiger partial charge in [-0.15, -0.1) is 0 Å². The Kier molecular flexibility index (Phi) is 5.10. The van der Waals surface area contributed by atoms with Gasteiger partial charge in [0.1, 0.15) is 18.1 Å². The van der Waals surface area contributed by atoms with Crippen molar-refractivity contribution in [3.63, 3.8) is 0 Å². The van der Waals surface area contributed by atoms with E-state index in [0.29, 0.717) is 27.1 Å². The SMILES string of the molecule is COc1ccc(C(C)=O)cc1COc1cc(Cl)cc(Cl)c1. The Morgan fingerprint density at radius 2 is 1.76 bits per heavy atom. The largest absolute Gasteiger partial charge is 0.496 e. The molecule has 2 aromatic rings. The minimum atomic E-state index is -0.00953. The summed E-state index contributed by atoms with van der Waals surface area (Å²) in [6.07, 6.45) is 0. The number of halogens is 2. The number of hydrogen-bond donors (Lipinski definition) is 0. The van der Waals surface area contributed by atoms with Crippen LogP contribution in [-0.2, 0) is 6.61 Å². The highest BCUT2D eigenvalue weighted by Crippen LogP contribution is 2.27. The van der Waals surface area contributed by atoms with Crippen molar-refractivity contribution < 1.29 is 14.3 Å². The van der Waals surface area contributed by atoms with Crippen LogP contribution in [0.3, 0.4) is 0 Å². The van der Waals surface area contributed by atoms with Crippen LogP contribution < -0.4 is 9.47 Å². The zero-order valence-electron chi connectivity index (χ0n) is 11.7.